The first-order valence-corrected chi connectivity index (χ1v) is 8.12. The van der Waals surface area contributed by atoms with Crippen molar-refractivity contribution in [2.75, 3.05) is 0 Å². The van der Waals surface area contributed by atoms with E-state index in [1.807, 2.05) is 0 Å². The van der Waals surface area contributed by atoms with Gasteiger partial charge in [0.25, 0.3) is 0 Å². The number of carbonyl (C=O) groups excluding carboxylic acids is 1. The van der Waals surface area contributed by atoms with Gasteiger partial charge in [-0.3, -0.25) is 4.79 Å². The maximum Gasteiger partial charge on any atom is 0.339 e. The molecule has 26 heavy (non-hydrogen) atoms. The molecular weight excluding hydrogens is 347 g/mol. The van der Waals surface area contributed by atoms with Gasteiger partial charge in [-0.05, 0) is 48.1 Å². The summed E-state index contributed by atoms with van der Waals surface area (Å²) >= 11 is 0. The molecule has 2 aromatic carbocycles. The van der Waals surface area contributed by atoms with E-state index in [0.29, 0.717) is 5.56 Å². The number of aromatic carboxylic acids is 1. The molecule has 0 spiro atoms. The van der Waals surface area contributed by atoms with Crippen LogP contribution in [0.25, 0.3) is 0 Å². The van der Waals surface area contributed by atoms with Gasteiger partial charge in [0.05, 0.1) is 12.5 Å². The fourth-order valence-electron chi connectivity index (χ4n) is 2.97. The predicted molar refractivity (Wildman–Crippen MR) is 87.0 cm³/mol. The van der Waals surface area contributed by atoms with Crippen molar-refractivity contribution in [1.29, 1.82) is 0 Å². The van der Waals surface area contributed by atoms with Crippen LogP contribution < -0.4 is 5.32 Å². The third-order valence-electron chi connectivity index (χ3n) is 4.36. The summed E-state index contributed by atoms with van der Waals surface area (Å²) in [4.78, 5) is 23.6. The largest absolute Gasteiger partial charge is 0.478 e. The van der Waals surface area contributed by atoms with Crippen LogP contribution in [-0.2, 0) is 11.2 Å². The van der Waals surface area contributed by atoms with E-state index in [2.05, 4.69) is 5.32 Å². The maximum absolute atomic E-state index is 13.7. The van der Waals surface area contributed by atoms with Crippen LogP contribution in [0.1, 0.15) is 40.4 Å². The molecule has 1 fully saturated rings. The minimum absolute atomic E-state index is 0.123. The quantitative estimate of drug-likeness (QED) is 0.824. The topological polar surface area (TPSA) is 66.4 Å². The predicted octanol–water partition coefficient (Wildman–Crippen LogP) is 3.61. The van der Waals surface area contributed by atoms with Gasteiger partial charge >= 0.3 is 5.97 Å². The van der Waals surface area contributed by atoms with E-state index >= 15 is 0 Å². The van der Waals surface area contributed by atoms with Gasteiger partial charge in [-0.2, -0.15) is 0 Å². The van der Waals surface area contributed by atoms with Gasteiger partial charge in [0.2, 0.25) is 5.91 Å². The summed E-state index contributed by atoms with van der Waals surface area (Å²) in [6.07, 6.45) is 1.34. The zero-order chi connectivity index (χ0) is 18.8. The van der Waals surface area contributed by atoms with Crippen LogP contribution in [0.2, 0.25) is 0 Å². The summed E-state index contributed by atoms with van der Waals surface area (Å²) in [6, 6.07) is 7.35. The molecule has 1 amide bonds. The summed E-state index contributed by atoms with van der Waals surface area (Å²) in [7, 11) is 0. The van der Waals surface area contributed by atoms with Gasteiger partial charge in [-0.1, -0.05) is 18.2 Å². The third-order valence-corrected chi connectivity index (χ3v) is 4.36. The Kier molecular flexibility index (Phi) is 4.97. The Bertz CT molecular complexity index is 865. The molecule has 0 radical (unpaired) electrons. The summed E-state index contributed by atoms with van der Waals surface area (Å²) in [5, 5.41) is 11.8. The number of nitrogens with one attached hydrogen (secondary N) is 1. The Labute approximate surface area is 147 Å². The van der Waals surface area contributed by atoms with Gasteiger partial charge in [0, 0.05) is 0 Å². The smallest absolute Gasteiger partial charge is 0.339 e. The first-order chi connectivity index (χ1) is 12.4. The average molecular weight is 363 g/mol. The van der Waals surface area contributed by atoms with Crippen LogP contribution in [0.3, 0.4) is 0 Å². The summed E-state index contributed by atoms with van der Waals surface area (Å²) in [5.41, 5.74) is -0.360. The SMILES string of the molecule is O=C(Cc1ccc(F)c(F)c1C(=O)O)N[C@H](c1cccc(F)c1)C1CC1. The number of benzene rings is 2. The molecule has 1 aliphatic carbocycles. The Morgan fingerprint density at radius 2 is 1.88 bits per heavy atom. The van der Waals surface area contributed by atoms with E-state index in [0.717, 1.165) is 25.0 Å². The van der Waals surface area contributed by atoms with E-state index < -0.39 is 47.4 Å². The van der Waals surface area contributed by atoms with Gasteiger partial charge < -0.3 is 10.4 Å². The van der Waals surface area contributed by atoms with Crippen molar-refractivity contribution in [1.82, 2.24) is 5.32 Å². The Hall–Kier alpha value is -2.83. The molecule has 1 aliphatic rings. The Morgan fingerprint density at radius 3 is 2.50 bits per heavy atom. The highest BCUT2D eigenvalue weighted by Crippen LogP contribution is 2.41. The second kappa shape index (κ2) is 7.19. The number of rotatable bonds is 6. The van der Waals surface area contributed by atoms with E-state index in [-0.39, 0.29) is 11.5 Å². The molecule has 2 N–H and O–H groups in total. The van der Waals surface area contributed by atoms with Crippen molar-refractivity contribution in [3.63, 3.8) is 0 Å². The summed E-state index contributed by atoms with van der Waals surface area (Å²) in [5.74, 6) is -5.22. The fourth-order valence-corrected chi connectivity index (χ4v) is 2.97. The fraction of sp³-hybridized carbons (Fsp3) is 0.263. The molecule has 4 nitrogen and oxygen atoms in total. The van der Waals surface area contributed by atoms with Crippen LogP contribution in [0.15, 0.2) is 36.4 Å². The first kappa shape index (κ1) is 18.0. The zero-order valence-electron chi connectivity index (χ0n) is 13.6. The normalized spacial score (nSPS) is 14.7. The van der Waals surface area contributed by atoms with Crippen LogP contribution in [0.5, 0.6) is 0 Å². The lowest BCUT2D eigenvalue weighted by Gasteiger charge is -2.19. The molecule has 1 saturated carbocycles. The standard InChI is InChI=1S/C19H16F3NO3/c20-13-3-1-2-12(8-13)18(10-4-5-10)23-15(24)9-11-6-7-14(21)17(22)16(11)19(25)26/h1-3,6-8,10,18H,4-5,9H2,(H,23,24)(H,25,26)/t18-/m0/s1. The Morgan fingerprint density at radius 1 is 1.15 bits per heavy atom. The molecule has 0 aliphatic heterocycles. The number of carboxylic acids is 1. The molecule has 7 heteroatoms. The molecule has 0 unspecified atom stereocenters. The van der Waals surface area contributed by atoms with Crippen molar-refractivity contribution < 1.29 is 27.9 Å². The highest BCUT2D eigenvalue weighted by Gasteiger charge is 2.34. The van der Waals surface area contributed by atoms with E-state index in [1.54, 1.807) is 12.1 Å². The first-order valence-electron chi connectivity index (χ1n) is 8.12. The number of carbonyl (C=O) groups is 2. The molecule has 1 atom stereocenters. The second-order valence-corrected chi connectivity index (χ2v) is 6.32. The van der Waals surface area contributed by atoms with Gasteiger partial charge in [-0.15, -0.1) is 0 Å². The number of carboxylic acid groups (broad SMARTS) is 1. The lowest BCUT2D eigenvalue weighted by atomic mass is 10.00. The second-order valence-electron chi connectivity index (χ2n) is 6.32. The van der Waals surface area contributed by atoms with Crippen molar-refractivity contribution in [3.05, 3.63) is 70.5 Å². The van der Waals surface area contributed by atoms with Gasteiger partial charge in [0.1, 0.15) is 11.4 Å². The van der Waals surface area contributed by atoms with Crippen molar-refractivity contribution in [2.45, 2.75) is 25.3 Å². The minimum Gasteiger partial charge on any atom is -0.478 e. The van der Waals surface area contributed by atoms with E-state index in [9.17, 15) is 22.8 Å². The molecule has 0 saturated heterocycles. The number of halogens is 3. The van der Waals surface area contributed by atoms with Crippen LogP contribution >= 0.6 is 0 Å². The molecule has 3 rings (SSSR count). The van der Waals surface area contributed by atoms with E-state index in [1.165, 1.54) is 12.1 Å². The highest BCUT2D eigenvalue weighted by atomic mass is 19.2. The highest BCUT2D eigenvalue weighted by molar-refractivity contribution is 5.92. The van der Waals surface area contributed by atoms with Crippen molar-refractivity contribution in [2.24, 2.45) is 5.92 Å². The average Bonchev–Trinajstić information content (AvgIpc) is 3.40. The molecule has 136 valence electrons. The lowest BCUT2D eigenvalue weighted by molar-refractivity contribution is -0.121. The van der Waals surface area contributed by atoms with Crippen molar-refractivity contribution >= 4 is 11.9 Å². The molecule has 0 bridgehead atoms. The van der Waals surface area contributed by atoms with Crippen LogP contribution in [-0.4, -0.2) is 17.0 Å². The van der Waals surface area contributed by atoms with Crippen LogP contribution in [0, 0.1) is 23.4 Å². The van der Waals surface area contributed by atoms with Gasteiger partial charge in [-0.25, -0.2) is 18.0 Å². The van der Waals surface area contributed by atoms with Crippen LogP contribution in [0.4, 0.5) is 13.2 Å². The lowest BCUT2D eigenvalue weighted by Crippen LogP contribution is -2.31. The molecule has 0 aromatic heterocycles. The van der Waals surface area contributed by atoms with E-state index in [4.69, 9.17) is 5.11 Å². The monoisotopic (exact) mass is 363 g/mol. The molecular formula is C19H16F3NO3. The number of hydrogen-bond acceptors (Lipinski definition) is 2. The molecule has 2 aromatic rings. The molecule has 0 heterocycles. The number of hydrogen-bond donors (Lipinski definition) is 2. The Balaban J connectivity index is 1.80. The van der Waals surface area contributed by atoms with Gasteiger partial charge in [0.15, 0.2) is 11.6 Å². The third kappa shape index (κ3) is 3.87. The zero-order valence-corrected chi connectivity index (χ0v) is 13.6. The summed E-state index contributed by atoms with van der Waals surface area (Å²) in [6.45, 7) is 0. The maximum atomic E-state index is 13.7. The minimum atomic E-state index is -1.64. The summed E-state index contributed by atoms with van der Waals surface area (Å²) < 4.78 is 40.5. The van der Waals surface area contributed by atoms with Crippen molar-refractivity contribution in [3.8, 4) is 0 Å². The number of amides is 1.